The average Bonchev–Trinajstić information content (AvgIpc) is 3.54. The molecule has 0 saturated carbocycles. The van der Waals surface area contributed by atoms with Crippen molar-refractivity contribution in [2.75, 3.05) is 49.5 Å². The number of likely N-dealkylation sites (tertiary alicyclic amines) is 1. The Morgan fingerprint density at radius 2 is 1.90 bits per heavy atom. The summed E-state index contributed by atoms with van der Waals surface area (Å²) in [5.74, 6) is -0.847. The number of carboxylic acid groups (broad SMARTS) is 1. The van der Waals surface area contributed by atoms with Gasteiger partial charge in [0.25, 0.3) is 5.91 Å². The summed E-state index contributed by atoms with van der Waals surface area (Å²) in [7, 11) is 0. The van der Waals surface area contributed by atoms with Gasteiger partial charge in [-0.3, -0.25) is 24.7 Å². The van der Waals surface area contributed by atoms with E-state index in [1.165, 1.54) is 35.9 Å². The Morgan fingerprint density at radius 1 is 1.14 bits per heavy atom. The number of carbonyl (C=O) groups is 2. The normalized spacial score (nSPS) is 18.4. The van der Waals surface area contributed by atoms with E-state index in [0.717, 1.165) is 30.3 Å². The number of rotatable bonds is 8. The van der Waals surface area contributed by atoms with E-state index in [0.29, 0.717) is 50.3 Å². The van der Waals surface area contributed by atoms with Crippen molar-refractivity contribution in [2.45, 2.75) is 38.5 Å². The van der Waals surface area contributed by atoms with Crippen LogP contribution in [0.5, 0.6) is 0 Å². The molecular formula is C27H29ClF3N7O3S. The molecule has 2 N–H and O–H groups in total. The zero-order valence-electron chi connectivity index (χ0n) is 22.7. The summed E-state index contributed by atoms with van der Waals surface area (Å²) in [6, 6.07) is 4.03. The van der Waals surface area contributed by atoms with Gasteiger partial charge in [0, 0.05) is 49.2 Å². The third-order valence-corrected chi connectivity index (χ3v) is 8.71. The second kappa shape index (κ2) is 12.5. The van der Waals surface area contributed by atoms with E-state index in [2.05, 4.69) is 32.1 Å². The van der Waals surface area contributed by atoms with Crippen LogP contribution in [-0.4, -0.2) is 87.0 Å². The number of hydrogen-bond acceptors (Lipinski definition) is 9. The fourth-order valence-corrected chi connectivity index (χ4v) is 6.36. The van der Waals surface area contributed by atoms with E-state index in [1.54, 1.807) is 0 Å². The van der Waals surface area contributed by atoms with Gasteiger partial charge >= 0.3 is 12.1 Å². The molecule has 2 aliphatic rings. The number of benzene rings is 1. The van der Waals surface area contributed by atoms with Crippen LogP contribution in [0.25, 0.3) is 11.3 Å². The number of nitrogens with one attached hydrogen (secondary N) is 1. The number of amides is 1. The van der Waals surface area contributed by atoms with Gasteiger partial charge < -0.3 is 10.0 Å². The lowest BCUT2D eigenvalue weighted by Gasteiger charge is -2.34. The summed E-state index contributed by atoms with van der Waals surface area (Å²) in [6.07, 6.45) is 0.279. The van der Waals surface area contributed by atoms with Crippen LogP contribution < -0.4 is 10.2 Å². The number of halogens is 4. The number of piperazine rings is 1. The first kappa shape index (κ1) is 30.1. The van der Waals surface area contributed by atoms with Crippen LogP contribution in [0.2, 0.25) is 5.02 Å². The molecule has 2 aliphatic heterocycles. The van der Waals surface area contributed by atoms with Crippen molar-refractivity contribution < 1.29 is 27.9 Å². The molecule has 2 aromatic heterocycles. The lowest BCUT2D eigenvalue weighted by Crippen LogP contribution is -2.48. The first-order chi connectivity index (χ1) is 20.0. The van der Waals surface area contributed by atoms with Crippen LogP contribution in [0.3, 0.4) is 0 Å². The zero-order chi connectivity index (χ0) is 30.0. The number of carbonyl (C=O) groups excluding carboxylic acids is 1. The molecule has 0 radical (unpaired) electrons. The summed E-state index contributed by atoms with van der Waals surface area (Å²) in [5, 5.41) is 11.5. The molecule has 15 heteroatoms. The SMILES string of the molecule is C[C@@H]1CCCN1Cc1sc(NC(=O)c2cnc(N3CCN(CC(=O)O)CC3)cn2)nc1-c1ccc(Cl)c(C(F)(F)F)c1. The average molecular weight is 624 g/mol. The predicted octanol–water partition coefficient (Wildman–Crippen LogP) is 4.72. The molecule has 1 aromatic carbocycles. The Morgan fingerprint density at radius 3 is 2.52 bits per heavy atom. The van der Waals surface area contributed by atoms with Crippen molar-refractivity contribution in [3.63, 3.8) is 0 Å². The Bertz CT molecular complexity index is 1450. The van der Waals surface area contributed by atoms with Crippen LogP contribution in [0.1, 0.15) is 40.7 Å². The van der Waals surface area contributed by atoms with Gasteiger partial charge in [0.1, 0.15) is 11.5 Å². The molecule has 224 valence electrons. The lowest BCUT2D eigenvalue weighted by atomic mass is 10.1. The van der Waals surface area contributed by atoms with E-state index in [9.17, 15) is 22.8 Å². The highest BCUT2D eigenvalue weighted by Crippen LogP contribution is 2.40. The first-order valence-electron chi connectivity index (χ1n) is 13.4. The molecule has 42 heavy (non-hydrogen) atoms. The van der Waals surface area contributed by atoms with E-state index in [-0.39, 0.29) is 22.9 Å². The number of thiazole rings is 1. The molecule has 10 nitrogen and oxygen atoms in total. The zero-order valence-corrected chi connectivity index (χ0v) is 24.3. The van der Waals surface area contributed by atoms with Crippen LogP contribution in [0.4, 0.5) is 24.1 Å². The van der Waals surface area contributed by atoms with Gasteiger partial charge in [-0.2, -0.15) is 13.2 Å². The number of anilines is 2. The number of carboxylic acids is 1. The van der Waals surface area contributed by atoms with E-state index < -0.39 is 28.6 Å². The number of hydrogen-bond donors (Lipinski definition) is 2. The molecule has 1 atom stereocenters. The maximum atomic E-state index is 13.6. The Labute approximate surface area is 249 Å². The van der Waals surface area contributed by atoms with Gasteiger partial charge in [0.15, 0.2) is 5.13 Å². The smallest absolute Gasteiger partial charge is 0.417 e. The van der Waals surface area contributed by atoms with E-state index in [4.69, 9.17) is 16.7 Å². The van der Waals surface area contributed by atoms with Crippen molar-refractivity contribution in [2.24, 2.45) is 0 Å². The van der Waals surface area contributed by atoms with Gasteiger partial charge in [-0.15, -0.1) is 0 Å². The van der Waals surface area contributed by atoms with E-state index >= 15 is 0 Å². The van der Waals surface area contributed by atoms with E-state index in [1.807, 2.05) is 9.80 Å². The molecule has 3 aromatic rings. The van der Waals surface area contributed by atoms with Crippen molar-refractivity contribution in [1.29, 1.82) is 0 Å². The number of alkyl halides is 3. The minimum Gasteiger partial charge on any atom is -0.480 e. The molecule has 4 heterocycles. The fourth-order valence-electron chi connectivity index (χ4n) is 5.13. The maximum Gasteiger partial charge on any atom is 0.417 e. The minimum atomic E-state index is -4.62. The molecule has 0 aliphatic carbocycles. The van der Waals surface area contributed by atoms with Gasteiger partial charge in [-0.05, 0) is 38.4 Å². The Kier molecular flexibility index (Phi) is 8.97. The Hall–Kier alpha value is -3.33. The van der Waals surface area contributed by atoms with Crippen molar-refractivity contribution in [1.82, 2.24) is 24.8 Å². The first-order valence-corrected chi connectivity index (χ1v) is 14.6. The number of aromatic nitrogens is 3. The van der Waals surface area contributed by atoms with Gasteiger partial charge in [-0.1, -0.05) is 29.0 Å². The second-order valence-corrected chi connectivity index (χ2v) is 11.8. The quantitative estimate of drug-likeness (QED) is 0.368. The molecule has 5 rings (SSSR count). The summed E-state index contributed by atoms with van der Waals surface area (Å²) in [6.45, 7) is 5.74. The highest BCUT2D eigenvalue weighted by atomic mass is 35.5. The van der Waals surface area contributed by atoms with Gasteiger partial charge in [-0.25, -0.2) is 15.0 Å². The highest BCUT2D eigenvalue weighted by molar-refractivity contribution is 7.16. The third kappa shape index (κ3) is 7.00. The highest BCUT2D eigenvalue weighted by Gasteiger charge is 2.34. The van der Waals surface area contributed by atoms with Gasteiger partial charge in [0.05, 0.1) is 35.2 Å². The molecule has 0 bridgehead atoms. The summed E-state index contributed by atoms with van der Waals surface area (Å²) >= 11 is 7.06. The molecule has 2 fully saturated rings. The topological polar surface area (TPSA) is 115 Å². The maximum absolute atomic E-state index is 13.6. The van der Waals surface area contributed by atoms with Crippen LogP contribution in [-0.2, 0) is 17.5 Å². The van der Waals surface area contributed by atoms with Gasteiger partial charge in [0.2, 0.25) is 0 Å². The predicted molar refractivity (Wildman–Crippen MR) is 153 cm³/mol. The molecule has 1 amide bonds. The summed E-state index contributed by atoms with van der Waals surface area (Å²) in [5.41, 5.74) is -0.266. The van der Waals surface area contributed by atoms with Crippen molar-refractivity contribution >= 4 is 45.8 Å². The third-order valence-electron chi connectivity index (χ3n) is 7.43. The minimum absolute atomic E-state index is 0.0165. The monoisotopic (exact) mass is 623 g/mol. The van der Waals surface area contributed by atoms with Crippen molar-refractivity contribution in [3.05, 3.63) is 51.7 Å². The van der Waals surface area contributed by atoms with Crippen LogP contribution in [0.15, 0.2) is 30.6 Å². The van der Waals surface area contributed by atoms with Crippen LogP contribution in [0, 0.1) is 0 Å². The number of aliphatic carboxylic acids is 1. The molecule has 0 unspecified atom stereocenters. The second-order valence-electron chi connectivity index (χ2n) is 10.3. The summed E-state index contributed by atoms with van der Waals surface area (Å²) < 4.78 is 40.8. The number of nitrogens with zero attached hydrogens (tertiary/aromatic N) is 6. The van der Waals surface area contributed by atoms with Crippen molar-refractivity contribution in [3.8, 4) is 11.3 Å². The summed E-state index contributed by atoms with van der Waals surface area (Å²) in [4.78, 5) is 43.9. The molecule has 0 spiro atoms. The van der Waals surface area contributed by atoms with Crippen LogP contribution >= 0.6 is 22.9 Å². The lowest BCUT2D eigenvalue weighted by molar-refractivity contribution is -0.138. The Balaban J connectivity index is 1.33. The molecule has 2 saturated heterocycles. The largest absolute Gasteiger partial charge is 0.480 e. The fraction of sp³-hybridized carbons (Fsp3) is 0.444. The molecular weight excluding hydrogens is 595 g/mol. The standard InChI is InChI=1S/C27H29ClF3N7O3S/c1-16-3-2-6-38(16)14-21-24(17-4-5-19(28)18(11-17)27(29,30)31)34-26(42-21)35-25(41)20-12-33-22(13-32-20)37-9-7-36(8-10-37)15-23(39)40/h4-5,11-13,16H,2-3,6-10,14-15H2,1H3,(H,39,40)(H,34,35,41)/t16-/m1/s1.